The molecule has 1 saturated heterocycles. The predicted octanol–water partition coefficient (Wildman–Crippen LogP) is 3.60. The molecule has 2 atom stereocenters. The van der Waals surface area contributed by atoms with Gasteiger partial charge in [-0.3, -0.25) is 15.0 Å². The summed E-state index contributed by atoms with van der Waals surface area (Å²) in [5, 5.41) is 1.45. The average Bonchev–Trinajstić information content (AvgIpc) is 2.58. The van der Waals surface area contributed by atoms with Gasteiger partial charge in [-0.05, 0) is 49.7 Å². The topological polar surface area (TPSA) is 49.4 Å². The van der Waals surface area contributed by atoms with Crippen molar-refractivity contribution in [1.82, 2.24) is 5.43 Å². The maximum atomic E-state index is 13.1. The molecule has 2 aliphatic carbocycles. The second kappa shape index (κ2) is 5.47. The Morgan fingerprint density at radius 3 is 2.58 bits per heavy atom. The Morgan fingerprint density at radius 2 is 1.83 bits per heavy atom. The van der Waals surface area contributed by atoms with Gasteiger partial charge in [0.15, 0.2) is 0 Å². The normalized spacial score (nSPS) is 29.0. The number of hydrogen-bond donors (Lipinski definition) is 1. The minimum Gasteiger partial charge on any atom is -0.273 e. The first-order valence-corrected chi connectivity index (χ1v) is 8.88. The summed E-state index contributed by atoms with van der Waals surface area (Å²) < 4.78 is 0. The number of benzene rings is 1. The Hall–Kier alpha value is -2.10. The quantitative estimate of drug-likeness (QED) is 0.803. The molecular weight excluding hydrogens is 300 g/mol. The number of nitrogens with one attached hydrogen (secondary N) is 1. The van der Waals surface area contributed by atoms with Crippen LogP contribution >= 0.6 is 0 Å². The molecule has 24 heavy (non-hydrogen) atoms. The molecule has 0 spiro atoms. The third-order valence-electron chi connectivity index (χ3n) is 6.01. The zero-order valence-electron chi connectivity index (χ0n) is 14.3. The highest BCUT2D eigenvalue weighted by Crippen LogP contribution is 2.50. The summed E-state index contributed by atoms with van der Waals surface area (Å²) in [5.74, 6) is -0.419. The molecule has 1 aromatic rings. The fraction of sp³-hybridized carbons (Fsp3) is 0.500. The standard InChI is InChI=1S/C20H24N2O2/c1-20(2)10-6-7-13-11-15-16(12-17(13)20)19(24)22(21-18(15)23)14-8-4-3-5-9-14/h3-5,8-9,15-16H,6-7,10-12H2,1-2H3,(H,21,23)/t15-,16-/m1/s1. The molecule has 2 amide bonds. The minimum atomic E-state index is -0.227. The van der Waals surface area contributed by atoms with Crippen LogP contribution in [0.2, 0.25) is 0 Å². The van der Waals surface area contributed by atoms with Gasteiger partial charge < -0.3 is 0 Å². The van der Waals surface area contributed by atoms with Crippen LogP contribution in [0, 0.1) is 17.3 Å². The van der Waals surface area contributed by atoms with Crippen LogP contribution in [0.15, 0.2) is 41.5 Å². The Labute approximate surface area is 142 Å². The summed E-state index contributed by atoms with van der Waals surface area (Å²) >= 11 is 0. The monoisotopic (exact) mass is 324 g/mol. The number of nitrogens with zero attached hydrogens (tertiary/aromatic N) is 1. The van der Waals surface area contributed by atoms with Gasteiger partial charge >= 0.3 is 0 Å². The summed E-state index contributed by atoms with van der Waals surface area (Å²) in [6.45, 7) is 4.56. The Morgan fingerprint density at radius 1 is 1.08 bits per heavy atom. The second-order valence-corrected chi connectivity index (χ2v) is 7.93. The molecule has 0 radical (unpaired) electrons. The average molecular weight is 324 g/mol. The number of anilines is 1. The molecule has 4 rings (SSSR count). The molecular formula is C20H24N2O2. The van der Waals surface area contributed by atoms with Crippen LogP contribution in [-0.4, -0.2) is 11.8 Å². The van der Waals surface area contributed by atoms with Crippen molar-refractivity contribution in [3.63, 3.8) is 0 Å². The summed E-state index contributed by atoms with van der Waals surface area (Å²) in [7, 11) is 0. The molecule has 1 N–H and O–H groups in total. The van der Waals surface area contributed by atoms with E-state index in [2.05, 4.69) is 19.3 Å². The van der Waals surface area contributed by atoms with Crippen molar-refractivity contribution in [2.24, 2.45) is 17.3 Å². The molecule has 0 aromatic heterocycles. The van der Waals surface area contributed by atoms with Crippen molar-refractivity contribution in [2.45, 2.75) is 46.0 Å². The highest BCUT2D eigenvalue weighted by molar-refractivity contribution is 6.04. The Kier molecular flexibility index (Phi) is 3.52. The van der Waals surface area contributed by atoms with Crippen LogP contribution in [-0.2, 0) is 9.59 Å². The lowest BCUT2D eigenvalue weighted by Crippen LogP contribution is -2.60. The number of para-hydroxylation sites is 1. The molecule has 4 nitrogen and oxygen atoms in total. The minimum absolute atomic E-state index is 0.0154. The van der Waals surface area contributed by atoms with Crippen LogP contribution in [0.5, 0.6) is 0 Å². The lowest BCUT2D eigenvalue weighted by molar-refractivity contribution is -0.140. The second-order valence-electron chi connectivity index (χ2n) is 7.93. The van der Waals surface area contributed by atoms with Crippen LogP contribution in [0.3, 0.4) is 0 Å². The van der Waals surface area contributed by atoms with Crippen LogP contribution in [0.4, 0.5) is 5.69 Å². The molecule has 1 aliphatic heterocycles. The maximum Gasteiger partial charge on any atom is 0.249 e. The van der Waals surface area contributed by atoms with E-state index in [-0.39, 0.29) is 29.1 Å². The van der Waals surface area contributed by atoms with E-state index in [0.717, 1.165) is 24.9 Å². The first-order valence-electron chi connectivity index (χ1n) is 8.88. The number of allylic oxidation sites excluding steroid dienone is 2. The fourth-order valence-corrected chi connectivity index (χ4v) is 4.66. The molecule has 0 unspecified atom stereocenters. The first-order chi connectivity index (χ1) is 11.5. The van der Waals surface area contributed by atoms with Crippen molar-refractivity contribution in [1.29, 1.82) is 0 Å². The summed E-state index contributed by atoms with van der Waals surface area (Å²) in [6.07, 6.45) is 4.94. The number of hydrazine groups is 1. The predicted molar refractivity (Wildman–Crippen MR) is 92.9 cm³/mol. The number of fused-ring (bicyclic) bond motifs is 1. The van der Waals surface area contributed by atoms with Gasteiger partial charge in [-0.1, -0.05) is 43.2 Å². The molecule has 3 aliphatic rings. The molecule has 4 heteroatoms. The van der Waals surface area contributed by atoms with Crippen molar-refractivity contribution in [3.8, 4) is 0 Å². The lowest BCUT2D eigenvalue weighted by Gasteiger charge is -2.46. The van der Waals surface area contributed by atoms with Gasteiger partial charge in [0.25, 0.3) is 0 Å². The van der Waals surface area contributed by atoms with E-state index in [9.17, 15) is 9.59 Å². The maximum absolute atomic E-state index is 13.1. The van der Waals surface area contributed by atoms with Crippen molar-refractivity contribution < 1.29 is 9.59 Å². The number of carbonyl (C=O) groups excluding carboxylic acids is 2. The Bertz CT molecular complexity index is 720. The van der Waals surface area contributed by atoms with Gasteiger partial charge in [-0.2, -0.15) is 0 Å². The van der Waals surface area contributed by atoms with E-state index < -0.39 is 0 Å². The van der Waals surface area contributed by atoms with Crippen LogP contribution in [0.25, 0.3) is 0 Å². The third-order valence-corrected chi connectivity index (χ3v) is 6.01. The number of carbonyl (C=O) groups is 2. The molecule has 1 fully saturated rings. The van der Waals surface area contributed by atoms with E-state index in [4.69, 9.17) is 0 Å². The van der Waals surface area contributed by atoms with Gasteiger partial charge in [0, 0.05) is 0 Å². The molecule has 0 saturated carbocycles. The van der Waals surface area contributed by atoms with Crippen LogP contribution < -0.4 is 10.4 Å². The number of hydrogen-bond acceptors (Lipinski definition) is 2. The molecule has 0 bridgehead atoms. The molecule has 1 heterocycles. The summed E-state index contributed by atoms with van der Waals surface area (Å²) in [6, 6.07) is 9.39. The first kappa shape index (κ1) is 15.4. The highest BCUT2D eigenvalue weighted by Gasteiger charge is 2.48. The number of amides is 2. The zero-order chi connectivity index (χ0) is 16.9. The molecule has 1 aromatic carbocycles. The van der Waals surface area contributed by atoms with E-state index in [1.165, 1.54) is 29.0 Å². The highest BCUT2D eigenvalue weighted by atomic mass is 16.2. The van der Waals surface area contributed by atoms with Crippen LogP contribution in [0.1, 0.15) is 46.0 Å². The third kappa shape index (κ3) is 2.36. The van der Waals surface area contributed by atoms with Gasteiger partial charge in [-0.25, -0.2) is 5.01 Å². The lowest BCUT2D eigenvalue weighted by atomic mass is 9.62. The van der Waals surface area contributed by atoms with E-state index in [0.29, 0.717) is 0 Å². The fourth-order valence-electron chi connectivity index (χ4n) is 4.66. The van der Waals surface area contributed by atoms with Gasteiger partial charge in [0.1, 0.15) is 0 Å². The van der Waals surface area contributed by atoms with E-state index in [1.54, 1.807) is 0 Å². The van der Waals surface area contributed by atoms with Crippen molar-refractivity contribution in [2.75, 3.05) is 5.01 Å². The SMILES string of the molecule is CC1(C)CCCC2=C1C[C@H]1C(=O)N(c3ccccc3)NC(=O)[C@@H]1C2. The zero-order valence-corrected chi connectivity index (χ0v) is 14.3. The number of rotatable bonds is 1. The van der Waals surface area contributed by atoms with Gasteiger partial charge in [0.05, 0.1) is 17.5 Å². The summed E-state index contributed by atoms with van der Waals surface area (Å²) in [4.78, 5) is 25.7. The van der Waals surface area contributed by atoms with E-state index in [1.807, 2.05) is 30.3 Å². The largest absolute Gasteiger partial charge is 0.273 e. The van der Waals surface area contributed by atoms with Crippen molar-refractivity contribution >= 4 is 17.5 Å². The van der Waals surface area contributed by atoms with E-state index >= 15 is 0 Å². The molecule has 126 valence electrons. The van der Waals surface area contributed by atoms with Crippen molar-refractivity contribution in [3.05, 3.63) is 41.5 Å². The van der Waals surface area contributed by atoms with Gasteiger partial charge in [0.2, 0.25) is 11.8 Å². The smallest absolute Gasteiger partial charge is 0.249 e. The summed E-state index contributed by atoms with van der Waals surface area (Å²) in [5.41, 5.74) is 6.58. The van der Waals surface area contributed by atoms with Gasteiger partial charge in [-0.15, -0.1) is 0 Å². The Balaban J connectivity index is 1.68.